The monoisotopic (exact) mass is 349 g/mol. The quantitative estimate of drug-likeness (QED) is 0.744. The molecular formula is C12H10BrCl2NS. The van der Waals surface area contributed by atoms with Crippen LogP contribution in [0.1, 0.15) is 10.4 Å². The Kier molecular flexibility index (Phi) is 4.36. The molecule has 0 aliphatic heterocycles. The van der Waals surface area contributed by atoms with E-state index in [1.54, 1.807) is 11.3 Å². The number of thiophene rings is 1. The van der Waals surface area contributed by atoms with Gasteiger partial charge in [0.2, 0.25) is 0 Å². The van der Waals surface area contributed by atoms with Crippen LogP contribution in [0.15, 0.2) is 28.7 Å². The normalized spacial score (nSPS) is 10.6. The van der Waals surface area contributed by atoms with E-state index in [-0.39, 0.29) is 0 Å². The van der Waals surface area contributed by atoms with Crippen LogP contribution in [0.4, 0.5) is 5.69 Å². The van der Waals surface area contributed by atoms with Crippen LogP contribution in [0.3, 0.4) is 0 Å². The highest BCUT2D eigenvalue weighted by Crippen LogP contribution is 2.30. The number of anilines is 1. The highest BCUT2D eigenvalue weighted by atomic mass is 79.9. The van der Waals surface area contributed by atoms with Gasteiger partial charge < -0.3 is 5.32 Å². The van der Waals surface area contributed by atoms with Crippen molar-refractivity contribution in [3.05, 3.63) is 48.5 Å². The number of halogens is 3. The standard InChI is InChI=1S/C12H10BrCl2NS/c1-7-4-9(13)11(5-10(7)14)16-6-8-2-3-12(15)17-8/h2-5,16H,6H2,1H3. The number of hydrogen-bond donors (Lipinski definition) is 1. The van der Waals surface area contributed by atoms with E-state index in [9.17, 15) is 0 Å². The fourth-order valence-electron chi connectivity index (χ4n) is 1.41. The molecule has 17 heavy (non-hydrogen) atoms. The average molecular weight is 351 g/mol. The molecule has 0 fully saturated rings. The third-order valence-electron chi connectivity index (χ3n) is 2.33. The van der Waals surface area contributed by atoms with Crippen LogP contribution in [0.5, 0.6) is 0 Å². The van der Waals surface area contributed by atoms with Gasteiger partial charge in [-0.2, -0.15) is 0 Å². The van der Waals surface area contributed by atoms with Crippen molar-refractivity contribution in [3.8, 4) is 0 Å². The minimum Gasteiger partial charge on any atom is -0.379 e. The minimum atomic E-state index is 0.745. The van der Waals surface area contributed by atoms with Gasteiger partial charge in [0.25, 0.3) is 0 Å². The van der Waals surface area contributed by atoms with Gasteiger partial charge in [-0.15, -0.1) is 11.3 Å². The summed E-state index contributed by atoms with van der Waals surface area (Å²) in [7, 11) is 0. The van der Waals surface area contributed by atoms with Crippen LogP contribution in [0, 0.1) is 6.92 Å². The minimum absolute atomic E-state index is 0.745. The van der Waals surface area contributed by atoms with E-state index < -0.39 is 0 Å². The van der Waals surface area contributed by atoms with E-state index in [0.717, 1.165) is 31.6 Å². The van der Waals surface area contributed by atoms with Crippen LogP contribution in [-0.2, 0) is 6.54 Å². The van der Waals surface area contributed by atoms with Crippen molar-refractivity contribution in [2.45, 2.75) is 13.5 Å². The Labute approximate surface area is 123 Å². The summed E-state index contributed by atoms with van der Waals surface area (Å²) in [4.78, 5) is 1.19. The van der Waals surface area contributed by atoms with Gasteiger partial charge in [0.05, 0.1) is 10.0 Å². The first-order valence-electron chi connectivity index (χ1n) is 5.00. The molecule has 0 atom stereocenters. The molecule has 2 aromatic rings. The van der Waals surface area contributed by atoms with Crippen LogP contribution < -0.4 is 5.32 Å². The number of benzene rings is 1. The summed E-state index contributed by atoms with van der Waals surface area (Å²) in [5.41, 5.74) is 2.05. The molecule has 2 rings (SSSR count). The summed E-state index contributed by atoms with van der Waals surface area (Å²) in [6.45, 7) is 2.73. The Hall–Kier alpha value is -0.220. The molecule has 1 aromatic heterocycles. The first-order valence-corrected chi connectivity index (χ1v) is 7.36. The van der Waals surface area contributed by atoms with Gasteiger partial charge in [-0.1, -0.05) is 23.2 Å². The highest BCUT2D eigenvalue weighted by molar-refractivity contribution is 9.10. The molecule has 0 saturated heterocycles. The summed E-state index contributed by atoms with van der Waals surface area (Å²) in [6.07, 6.45) is 0. The van der Waals surface area contributed by atoms with Gasteiger partial charge >= 0.3 is 0 Å². The molecule has 1 heterocycles. The Balaban J connectivity index is 2.11. The summed E-state index contributed by atoms with van der Waals surface area (Å²) >= 11 is 17.1. The first-order chi connectivity index (χ1) is 8.06. The molecule has 0 radical (unpaired) electrons. The van der Waals surface area contributed by atoms with E-state index >= 15 is 0 Å². The second kappa shape index (κ2) is 5.61. The van der Waals surface area contributed by atoms with E-state index in [0.29, 0.717) is 0 Å². The van der Waals surface area contributed by atoms with Crippen molar-refractivity contribution in [3.63, 3.8) is 0 Å². The van der Waals surface area contributed by atoms with Gasteiger partial charge in [-0.3, -0.25) is 0 Å². The average Bonchev–Trinajstić information content (AvgIpc) is 2.68. The Bertz CT molecular complexity index is 539. The van der Waals surface area contributed by atoms with Crippen molar-refractivity contribution >= 4 is 56.2 Å². The summed E-state index contributed by atoms with van der Waals surface area (Å²) < 4.78 is 1.82. The maximum absolute atomic E-state index is 6.09. The SMILES string of the molecule is Cc1cc(Br)c(NCc2ccc(Cl)s2)cc1Cl. The lowest BCUT2D eigenvalue weighted by molar-refractivity contribution is 1.19. The molecule has 0 bridgehead atoms. The van der Waals surface area contributed by atoms with E-state index in [1.807, 2.05) is 31.2 Å². The van der Waals surface area contributed by atoms with Crippen LogP contribution >= 0.6 is 50.5 Å². The fourth-order valence-corrected chi connectivity index (χ4v) is 3.20. The van der Waals surface area contributed by atoms with Crippen molar-refractivity contribution < 1.29 is 0 Å². The van der Waals surface area contributed by atoms with Gasteiger partial charge in [-0.25, -0.2) is 0 Å². The van der Waals surface area contributed by atoms with Crippen molar-refractivity contribution in [2.75, 3.05) is 5.32 Å². The molecule has 5 heteroatoms. The second-order valence-electron chi connectivity index (χ2n) is 3.64. The molecule has 0 spiro atoms. The van der Waals surface area contributed by atoms with Gasteiger partial charge in [0.15, 0.2) is 0 Å². The molecule has 0 unspecified atom stereocenters. The molecule has 0 amide bonds. The topological polar surface area (TPSA) is 12.0 Å². The molecule has 1 aromatic carbocycles. The Morgan fingerprint density at radius 2 is 2.06 bits per heavy atom. The summed E-state index contributed by atoms with van der Waals surface area (Å²) in [5.74, 6) is 0. The zero-order chi connectivity index (χ0) is 12.4. The van der Waals surface area contributed by atoms with Crippen LogP contribution in [-0.4, -0.2) is 0 Å². The van der Waals surface area contributed by atoms with E-state index in [2.05, 4.69) is 21.2 Å². The fraction of sp³-hybridized carbons (Fsp3) is 0.167. The largest absolute Gasteiger partial charge is 0.379 e. The molecule has 1 nitrogen and oxygen atoms in total. The third kappa shape index (κ3) is 3.38. The number of rotatable bonds is 3. The molecule has 1 N–H and O–H groups in total. The molecule has 90 valence electrons. The lowest BCUT2D eigenvalue weighted by atomic mass is 10.2. The predicted molar refractivity (Wildman–Crippen MR) is 80.5 cm³/mol. The predicted octanol–water partition coefficient (Wildman–Crippen LogP) is 5.74. The highest BCUT2D eigenvalue weighted by Gasteiger charge is 2.05. The smallest absolute Gasteiger partial charge is 0.0931 e. The van der Waals surface area contributed by atoms with Crippen molar-refractivity contribution in [1.82, 2.24) is 0 Å². The third-order valence-corrected chi connectivity index (χ3v) is 4.62. The van der Waals surface area contributed by atoms with Gasteiger partial charge in [0, 0.05) is 20.9 Å². The summed E-state index contributed by atoms with van der Waals surface area (Å²) in [5, 5.41) is 4.09. The molecule has 0 aliphatic carbocycles. The maximum Gasteiger partial charge on any atom is 0.0931 e. The van der Waals surface area contributed by atoms with Crippen molar-refractivity contribution in [2.24, 2.45) is 0 Å². The molecular weight excluding hydrogens is 341 g/mol. The van der Waals surface area contributed by atoms with Crippen LogP contribution in [0.25, 0.3) is 0 Å². The Morgan fingerprint density at radius 3 is 2.71 bits per heavy atom. The number of nitrogens with one attached hydrogen (secondary N) is 1. The van der Waals surface area contributed by atoms with Gasteiger partial charge in [0.1, 0.15) is 0 Å². The lowest BCUT2D eigenvalue weighted by Crippen LogP contribution is -1.98. The van der Waals surface area contributed by atoms with Crippen molar-refractivity contribution in [1.29, 1.82) is 0 Å². The molecule has 0 saturated carbocycles. The van der Waals surface area contributed by atoms with Crippen LogP contribution in [0.2, 0.25) is 9.36 Å². The first kappa shape index (κ1) is 13.2. The maximum atomic E-state index is 6.09. The van der Waals surface area contributed by atoms with E-state index in [4.69, 9.17) is 23.2 Å². The zero-order valence-electron chi connectivity index (χ0n) is 9.06. The lowest BCUT2D eigenvalue weighted by Gasteiger charge is -2.09. The number of hydrogen-bond acceptors (Lipinski definition) is 2. The van der Waals surface area contributed by atoms with E-state index in [1.165, 1.54) is 4.88 Å². The Morgan fingerprint density at radius 1 is 1.29 bits per heavy atom. The second-order valence-corrected chi connectivity index (χ2v) is 6.70. The van der Waals surface area contributed by atoms with Gasteiger partial charge in [-0.05, 0) is 52.7 Å². The summed E-state index contributed by atoms with van der Waals surface area (Å²) in [6, 6.07) is 7.85. The molecule has 0 aliphatic rings. The number of aryl methyl sites for hydroxylation is 1. The zero-order valence-corrected chi connectivity index (χ0v) is 13.0.